The second-order valence-electron chi connectivity index (χ2n) is 8.50. The smallest absolute Gasteiger partial charge is 0.338 e. The van der Waals surface area contributed by atoms with Gasteiger partial charge in [-0.2, -0.15) is 0 Å². The number of aryl methyl sites for hydroxylation is 2. The van der Waals surface area contributed by atoms with Gasteiger partial charge in [0.25, 0.3) is 0 Å². The van der Waals surface area contributed by atoms with Crippen molar-refractivity contribution in [2.24, 2.45) is 0 Å². The van der Waals surface area contributed by atoms with Gasteiger partial charge in [-0.25, -0.2) is 4.79 Å². The summed E-state index contributed by atoms with van der Waals surface area (Å²) in [6, 6.07) is 16.9. The van der Waals surface area contributed by atoms with Gasteiger partial charge in [0.15, 0.2) is 0 Å². The molecule has 0 saturated heterocycles. The van der Waals surface area contributed by atoms with Gasteiger partial charge < -0.3 is 14.4 Å². The van der Waals surface area contributed by atoms with Crippen molar-refractivity contribution in [3.05, 3.63) is 83.2 Å². The van der Waals surface area contributed by atoms with Crippen LogP contribution in [0, 0.1) is 0 Å². The molecule has 2 heterocycles. The number of rotatable bonds is 5. The standard InChI is InChI=1S/C27H28N2O3/c1-31-27(30)24-13-14-28-18-21(24)10-9-19-5-4-6-20-17-22(11-12-23(19)20)29-15-16-32-26-8-3-2-7-25(26)29/h2-3,7-8,11-14,17-19H,4-6,9-10,15-16H2,1H3/t19-/m0/s1. The molecule has 0 fully saturated rings. The van der Waals surface area contributed by atoms with Crippen molar-refractivity contribution in [2.45, 2.75) is 38.0 Å². The van der Waals surface area contributed by atoms with Crippen LogP contribution in [0.15, 0.2) is 60.9 Å². The van der Waals surface area contributed by atoms with Crippen molar-refractivity contribution in [1.82, 2.24) is 4.98 Å². The summed E-state index contributed by atoms with van der Waals surface area (Å²) in [6.45, 7) is 1.56. The highest BCUT2D eigenvalue weighted by molar-refractivity contribution is 5.90. The molecule has 1 aromatic heterocycles. The number of nitrogens with zero attached hydrogens (tertiary/aromatic N) is 2. The van der Waals surface area contributed by atoms with Gasteiger partial charge in [-0.15, -0.1) is 0 Å². The lowest BCUT2D eigenvalue weighted by Gasteiger charge is -2.33. The molecule has 3 aromatic rings. The molecule has 1 atom stereocenters. The van der Waals surface area contributed by atoms with E-state index < -0.39 is 0 Å². The molecular weight excluding hydrogens is 400 g/mol. The van der Waals surface area contributed by atoms with Gasteiger partial charge in [0.2, 0.25) is 0 Å². The largest absolute Gasteiger partial charge is 0.490 e. The van der Waals surface area contributed by atoms with E-state index in [4.69, 9.17) is 9.47 Å². The maximum atomic E-state index is 12.1. The summed E-state index contributed by atoms with van der Waals surface area (Å²) in [5.74, 6) is 1.16. The van der Waals surface area contributed by atoms with Crippen molar-refractivity contribution in [3.63, 3.8) is 0 Å². The van der Waals surface area contributed by atoms with Crippen LogP contribution in [0.3, 0.4) is 0 Å². The van der Waals surface area contributed by atoms with E-state index in [0.29, 0.717) is 18.1 Å². The van der Waals surface area contributed by atoms with Crippen LogP contribution < -0.4 is 9.64 Å². The molecule has 0 N–H and O–H groups in total. The van der Waals surface area contributed by atoms with E-state index in [2.05, 4.69) is 40.2 Å². The molecule has 5 heteroatoms. The molecule has 5 nitrogen and oxygen atoms in total. The van der Waals surface area contributed by atoms with Gasteiger partial charge in [0, 0.05) is 18.1 Å². The Bertz CT molecular complexity index is 1130. The molecule has 0 unspecified atom stereocenters. The van der Waals surface area contributed by atoms with E-state index in [9.17, 15) is 4.79 Å². The Labute approximate surface area is 189 Å². The van der Waals surface area contributed by atoms with Crippen molar-refractivity contribution >= 4 is 17.3 Å². The number of methoxy groups -OCH3 is 1. The second-order valence-corrected chi connectivity index (χ2v) is 8.50. The lowest BCUT2D eigenvalue weighted by atomic mass is 9.79. The Hall–Kier alpha value is -3.34. The number of esters is 1. The summed E-state index contributed by atoms with van der Waals surface area (Å²) >= 11 is 0. The molecular formula is C27H28N2O3. The summed E-state index contributed by atoms with van der Waals surface area (Å²) in [7, 11) is 1.42. The molecule has 2 aliphatic rings. The van der Waals surface area contributed by atoms with E-state index in [1.54, 1.807) is 18.5 Å². The van der Waals surface area contributed by atoms with Crippen molar-refractivity contribution in [2.75, 3.05) is 25.2 Å². The molecule has 2 aromatic carbocycles. The van der Waals surface area contributed by atoms with Gasteiger partial charge in [0.05, 0.1) is 24.9 Å². The normalized spacial score (nSPS) is 17.2. The van der Waals surface area contributed by atoms with Gasteiger partial charge in [-0.1, -0.05) is 18.2 Å². The first kappa shape index (κ1) is 20.6. The number of ether oxygens (including phenoxy) is 2. The Kier molecular flexibility index (Phi) is 5.80. The Morgan fingerprint density at radius 1 is 1.22 bits per heavy atom. The van der Waals surface area contributed by atoms with Crippen LogP contribution in [0.4, 0.5) is 11.4 Å². The number of aromatic nitrogens is 1. The first-order chi connectivity index (χ1) is 15.7. The zero-order valence-electron chi connectivity index (χ0n) is 18.4. The number of carbonyl (C=O) groups is 1. The van der Waals surface area contributed by atoms with E-state index >= 15 is 0 Å². The van der Waals surface area contributed by atoms with Crippen LogP contribution in [0.2, 0.25) is 0 Å². The first-order valence-corrected chi connectivity index (χ1v) is 11.4. The van der Waals surface area contributed by atoms with Crippen molar-refractivity contribution < 1.29 is 14.3 Å². The molecule has 0 bridgehead atoms. The monoisotopic (exact) mass is 428 g/mol. The van der Waals surface area contributed by atoms with Crippen LogP contribution in [-0.2, 0) is 17.6 Å². The fraction of sp³-hybridized carbons (Fsp3) is 0.333. The predicted molar refractivity (Wildman–Crippen MR) is 125 cm³/mol. The van der Waals surface area contributed by atoms with Crippen LogP contribution in [0.1, 0.15) is 52.2 Å². The fourth-order valence-electron chi connectivity index (χ4n) is 5.07. The SMILES string of the molecule is COC(=O)c1ccncc1CC[C@@H]1CCCc2cc(N3CCOc4ccccc43)ccc21. The average Bonchev–Trinajstić information content (AvgIpc) is 2.86. The molecule has 164 valence electrons. The molecule has 0 saturated carbocycles. The van der Waals surface area contributed by atoms with Crippen LogP contribution in [0.5, 0.6) is 5.75 Å². The first-order valence-electron chi connectivity index (χ1n) is 11.4. The Balaban J connectivity index is 1.36. The fourth-order valence-corrected chi connectivity index (χ4v) is 5.07. The van der Waals surface area contributed by atoms with Gasteiger partial charge in [-0.3, -0.25) is 4.98 Å². The number of pyridine rings is 1. The molecule has 0 amide bonds. The lowest BCUT2D eigenvalue weighted by molar-refractivity contribution is 0.0599. The second kappa shape index (κ2) is 9.03. The summed E-state index contributed by atoms with van der Waals surface area (Å²) in [5.41, 5.74) is 6.86. The third-order valence-corrected chi connectivity index (χ3v) is 6.68. The van der Waals surface area contributed by atoms with Gasteiger partial charge >= 0.3 is 5.97 Å². The zero-order valence-corrected chi connectivity index (χ0v) is 18.4. The number of anilines is 2. The molecule has 1 aliphatic carbocycles. The van der Waals surface area contributed by atoms with Crippen molar-refractivity contribution in [3.8, 4) is 5.75 Å². The average molecular weight is 429 g/mol. The maximum Gasteiger partial charge on any atom is 0.338 e. The van der Waals surface area contributed by atoms with Crippen LogP contribution in [-0.4, -0.2) is 31.2 Å². The topological polar surface area (TPSA) is 51.7 Å². The zero-order chi connectivity index (χ0) is 21.9. The number of hydrogen-bond donors (Lipinski definition) is 0. The highest BCUT2D eigenvalue weighted by Gasteiger charge is 2.24. The molecule has 5 rings (SSSR count). The minimum Gasteiger partial charge on any atom is -0.490 e. The summed E-state index contributed by atoms with van der Waals surface area (Å²) < 4.78 is 10.8. The maximum absolute atomic E-state index is 12.1. The molecule has 32 heavy (non-hydrogen) atoms. The lowest BCUT2D eigenvalue weighted by Crippen LogP contribution is -2.28. The number of carbonyl (C=O) groups excluding carboxylic acids is 1. The number of benzene rings is 2. The minimum atomic E-state index is -0.290. The highest BCUT2D eigenvalue weighted by atomic mass is 16.5. The van der Waals surface area contributed by atoms with Gasteiger partial charge in [-0.05, 0) is 85.0 Å². The summed E-state index contributed by atoms with van der Waals surface area (Å²) in [4.78, 5) is 18.7. The Morgan fingerprint density at radius 2 is 2.12 bits per heavy atom. The Morgan fingerprint density at radius 3 is 3.03 bits per heavy atom. The van der Waals surface area contributed by atoms with E-state index in [1.807, 2.05) is 12.1 Å². The van der Waals surface area contributed by atoms with Gasteiger partial charge in [0.1, 0.15) is 12.4 Å². The highest BCUT2D eigenvalue weighted by Crippen LogP contribution is 2.40. The quantitative estimate of drug-likeness (QED) is 0.506. The third kappa shape index (κ3) is 3.95. The number of hydrogen-bond acceptors (Lipinski definition) is 5. The molecule has 0 spiro atoms. The van der Waals surface area contributed by atoms with E-state index in [1.165, 1.54) is 36.8 Å². The molecule has 0 radical (unpaired) electrons. The summed E-state index contributed by atoms with van der Waals surface area (Å²) in [5, 5.41) is 0. The van der Waals surface area contributed by atoms with Crippen LogP contribution >= 0.6 is 0 Å². The van der Waals surface area contributed by atoms with Crippen LogP contribution in [0.25, 0.3) is 0 Å². The van der Waals surface area contributed by atoms with Crippen molar-refractivity contribution in [1.29, 1.82) is 0 Å². The van der Waals surface area contributed by atoms with E-state index in [0.717, 1.165) is 42.8 Å². The third-order valence-electron chi connectivity index (χ3n) is 6.68. The predicted octanol–water partition coefficient (Wildman–Crippen LogP) is 5.45. The minimum absolute atomic E-state index is 0.290. The summed E-state index contributed by atoms with van der Waals surface area (Å²) in [6.07, 6.45) is 8.76. The van der Waals surface area contributed by atoms with E-state index in [-0.39, 0.29) is 5.97 Å². The number of para-hydroxylation sites is 2. The number of fused-ring (bicyclic) bond motifs is 2. The molecule has 1 aliphatic heterocycles.